The van der Waals surface area contributed by atoms with E-state index in [1.807, 2.05) is 13.8 Å². The first-order valence-electron chi connectivity index (χ1n) is 6.07. The topological polar surface area (TPSA) is 58.6 Å². The monoisotopic (exact) mass is 240 g/mol. The van der Waals surface area contributed by atoms with Crippen LogP contribution in [0, 0.1) is 0 Å². The van der Waals surface area contributed by atoms with Gasteiger partial charge in [0.05, 0.1) is 19.1 Å². The Kier molecular flexibility index (Phi) is 3.23. The van der Waals surface area contributed by atoms with Crippen LogP contribution in [-0.2, 0) is 14.3 Å². The normalized spacial score (nSPS) is 25.8. The lowest BCUT2D eigenvalue weighted by Crippen LogP contribution is -2.52. The third kappa shape index (κ3) is 2.66. The molecular formula is C12H20N2O3. The number of carbonyl (C=O) groups is 2. The molecular weight excluding hydrogens is 220 g/mol. The molecule has 1 N–H and O–H groups in total. The van der Waals surface area contributed by atoms with E-state index in [1.54, 1.807) is 7.11 Å². The van der Waals surface area contributed by atoms with Gasteiger partial charge in [0.2, 0.25) is 11.8 Å². The zero-order valence-corrected chi connectivity index (χ0v) is 10.7. The molecule has 96 valence electrons. The molecule has 2 amide bonds. The molecule has 2 aliphatic rings. The molecule has 17 heavy (non-hydrogen) atoms. The van der Waals surface area contributed by atoms with Gasteiger partial charge in [0.1, 0.15) is 0 Å². The highest BCUT2D eigenvalue weighted by atomic mass is 16.5. The zero-order valence-electron chi connectivity index (χ0n) is 10.7. The summed E-state index contributed by atoms with van der Waals surface area (Å²) in [4.78, 5) is 25.3. The number of hydrogen-bond donors (Lipinski definition) is 1. The number of ether oxygens (including phenoxy) is 1. The van der Waals surface area contributed by atoms with Crippen molar-refractivity contribution in [1.82, 2.24) is 10.2 Å². The molecule has 2 rings (SSSR count). The average molecular weight is 240 g/mol. The summed E-state index contributed by atoms with van der Waals surface area (Å²) < 4.78 is 5.09. The maximum Gasteiger partial charge on any atom is 0.247 e. The molecule has 0 bridgehead atoms. The van der Waals surface area contributed by atoms with E-state index in [0.717, 1.165) is 12.8 Å². The van der Waals surface area contributed by atoms with Crippen molar-refractivity contribution in [3.63, 3.8) is 0 Å². The van der Waals surface area contributed by atoms with Gasteiger partial charge in [-0.1, -0.05) is 0 Å². The summed E-state index contributed by atoms with van der Waals surface area (Å²) in [6.45, 7) is 4.44. The fourth-order valence-electron chi connectivity index (χ4n) is 2.35. The van der Waals surface area contributed by atoms with Gasteiger partial charge in [0.15, 0.2) is 0 Å². The molecule has 1 heterocycles. The van der Waals surface area contributed by atoms with E-state index in [-0.39, 0.29) is 35.9 Å². The summed E-state index contributed by atoms with van der Waals surface area (Å²) in [5.74, 6) is -0.107. The molecule has 1 saturated heterocycles. The van der Waals surface area contributed by atoms with Gasteiger partial charge in [-0.2, -0.15) is 0 Å². The molecule has 0 radical (unpaired) electrons. The lowest BCUT2D eigenvalue weighted by Gasteiger charge is -2.28. The molecule has 0 spiro atoms. The number of nitrogens with zero attached hydrogens (tertiary/aromatic N) is 1. The number of likely N-dealkylation sites (tertiary alicyclic amines) is 1. The van der Waals surface area contributed by atoms with Gasteiger partial charge in [0.25, 0.3) is 0 Å². The molecule has 1 aliphatic carbocycles. The van der Waals surface area contributed by atoms with E-state index in [0.29, 0.717) is 6.61 Å². The number of imide groups is 1. The molecule has 0 aromatic heterocycles. The second-order valence-electron chi connectivity index (χ2n) is 5.55. The van der Waals surface area contributed by atoms with Crippen LogP contribution in [0.25, 0.3) is 0 Å². The smallest absolute Gasteiger partial charge is 0.247 e. The Bertz CT molecular complexity index is 337. The largest absolute Gasteiger partial charge is 0.383 e. The van der Waals surface area contributed by atoms with Gasteiger partial charge in [-0.3, -0.25) is 19.8 Å². The van der Waals surface area contributed by atoms with Crippen molar-refractivity contribution >= 4 is 11.8 Å². The van der Waals surface area contributed by atoms with Crippen molar-refractivity contribution in [3.8, 4) is 0 Å². The Labute approximate surface area is 101 Å². The summed E-state index contributed by atoms with van der Waals surface area (Å²) in [6, 6.07) is -0.208. The molecule has 1 aliphatic heterocycles. The van der Waals surface area contributed by atoms with Crippen LogP contribution in [0.15, 0.2) is 0 Å². The number of rotatable bonds is 5. The van der Waals surface area contributed by atoms with E-state index in [1.165, 1.54) is 4.90 Å². The van der Waals surface area contributed by atoms with Gasteiger partial charge >= 0.3 is 0 Å². The minimum Gasteiger partial charge on any atom is -0.383 e. The first kappa shape index (κ1) is 12.5. The second kappa shape index (κ2) is 4.38. The van der Waals surface area contributed by atoms with Crippen LogP contribution in [0.4, 0.5) is 0 Å². The Hall–Kier alpha value is -0.940. The van der Waals surface area contributed by atoms with E-state index in [2.05, 4.69) is 5.32 Å². The summed E-state index contributed by atoms with van der Waals surface area (Å²) in [7, 11) is 1.63. The summed E-state index contributed by atoms with van der Waals surface area (Å²) >= 11 is 0. The standard InChI is InChI=1S/C12H20N2O3/c1-12(2,7-17-3)13-9-6-10(15)14(11(9)16)8-4-5-8/h8-9,13H,4-7H2,1-3H3. The Morgan fingerprint density at radius 3 is 2.59 bits per heavy atom. The first-order chi connectivity index (χ1) is 7.94. The van der Waals surface area contributed by atoms with Crippen molar-refractivity contribution in [3.05, 3.63) is 0 Å². The van der Waals surface area contributed by atoms with Crippen LogP contribution in [0.5, 0.6) is 0 Å². The quantitative estimate of drug-likeness (QED) is 0.702. The molecule has 1 saturated carbocycles. The summed E-state index contributed by atoms with van der Waals surface area (Å²) in [5, 5.41) is 3.21. The van der Waals surface area contributed by atoms with Gasteiger partial charge in [-0.25, -0.2) is 0 Å². The van der Waals surface area contributed by atoms with E-state index >= 15 is 0 Å². The van der Waals surface area contributed by atoms with Crippen molar-refractivity contribution in [2.75, 3.05) is 13.7 Å². The highest BCUT2D eigenvalue weighted by molar-refractivity contribution is 6.06. The predicted molar refractivity (Wildman–Crippen MR) is 62.4 cm³/mol. The minimum atomic E-state index is -0.381. The minimum absolute atomic E-state index is 0.0387. The summed E-state index contributed by atoms with van der Waals surface area (Å²) in [6.07, 6.45) is 2.21. The predicted octanol–water partition coefficient (Wildman–Crippen LogP) is 0.291. The maximum atomic E-state index is 12.1. The van der Waals surface area contributed by atoms with Crippen LogP contribution < -0.4 is 5.32 Å². The number of carbonyl (C=O) groups excluding carboxylic acids is 2. The van der Waals surface area contributed by atoms with Crippen molar-refractivity contribution in [2.24, 2.45) is 0 Å². The molecule has 0 aromatic rings. The van der Waals surface area contributed by atoms with E-state index in [4.69, 9.17) is 4.74 Å². The molecule has 2 fully saturated rings. The second-order valence-corrected chi connectivity index (χ2v) is 5.55. The Morgan fingerprint density at radius 1 is 1.41 bits per heavy atom. The van der Waals surface area contributed by atoms with Crippen molar-refractivity contribution in [1.29, 1.82) is 0 Å². The molecule has 5 heteroatoms. The number of methoxy groups -OCH3 is 1. The molecule has 0 aromatic carbocycles. The van der Waals surface area contributed by atoms with E-state index < -0.39 is 0 Å². The van der Waals surface area contributed by atoms with Gasteiger partial charge in [-0.15, -0.1) is 0 Å². The van der Waals surface area contributed by atoms with Gasteiger partial charge in [-0.05, 0) is 26.7 Å². The van der Waals surface area contributed by atoms with Crippen molar-refractivity contribution < 1.29 is 14.3 Å². The Morgan fingerprint density at radius 2 is 2.06 bits per heavy atom. The van der Waals surface area contributed by atoms with Crippen LogP contribution in [0.1, 0.15) is 33.1 Å². The van der Waals surface area contributed by atoms with E-state index in [9.17, 15) is 9.59 Å². The zero-order chi connectivity index (χ0) is 12.6. The van der Waals surface area contributed by atoms with Crippen molar-refractivity contribution in [2.45, 2.75) is 50.7 Å². The lowest BCUT2D eigenvalue weighted by molar-refractivity contribution is -0.139. The van der Waals surface area contributed by atoms with Gasteiger partial charge in [0, 0.05) is 18.7 Å². The maximum absolute atomic E-state index is 12.1. The van der Waals surface area contributed by atoms with Crippen LogP contribution in [-0.4, -0.2) is 48.1 Å². The van der Waals surface area contributed by atoms with Crippen LogP contribution >= 0.6 is 0 Å². The van der Waals surface area contributed by atoms with Gasteiger partial charge < -0.3 is 4.74 Å². The number of hydrogen-bond acceptors (Lipinski definition) is 4. The fourth-order valence-corrected chi connectivity index (χ4v) is 2.35. The highest BCUT2D eigenvalue weighted by Gasteiger charge is 2.47. The number of amides is 2. The van der Waals surface area contributed by atoms with Crippen LogP contribution in [0.2, 0.25) is 0 Å². The Balaban J connectivity index is 1.99. The third-order valence-electron chi connectivity index (χ3n) is 3.17. The van der Waals surface area contributed by atoms with Crippen LogP contribution in [0.3, 0.4) is 0 Å². The fraction of sp³-hybridized carbons (Fsp3) is 0.833. The average Bonchev–Trinajstić information content (AvgIpc) is 2.96. The summed E-state index contributed by atoms with van der Waals surface area (Å²) in [5.41, 5.74) is -0.297. The SMILES string of the molecule is COCC(C)(C)NC1CC(=O)N(C2CC2)C1=O. The lowest BCUT2D eigenvalue weighted by atomic mass is 10.0. The highest BCUT2D eigenvalue weighted by Crippen LogP contribution is 2.31. The third-order valence-corrected chi connectivity index (χ3v) is 3.17. The molecule has 5 nitrogen and oxygen atoms in total. The number of nitrogens with one attached hydrogen (secondary N) is 1. The molecule has 1 atom stereocenters. The first-order valence-corrected chi connectivity index (χ1v) is 6.07. The molecule has 1 unspecified atom stereocenters.